The molecule has 1 atom stereocenters. The summed E-state index contributed by atoms with van der Waals surface area (Å²) in [5.41, 5.74) is 7.92. The molecule has 0 saturated carbocycles. The van der Waals surface area contributed by atoms with Crippen LogP contribution in [0.2, 0.25) is 5.02 Å². The van der Waals surface area contributed by atoms with E-state index >= 15 is 0 Å². The molecule has 1 saturated heterocycles. The summed E-state index contributed by atoms with van der Waals surface area (Å²) in [7, 11) is 0. The highest BCUT2D eigenvalue weighted by molar-refractivity contribution is 7.98. The number of aromatic amines is 1. The maximum Gasteiger partial charge on any atom is 0.293 e. The van der Waals surface area contributed by atoms with E-state index in [1.165, 1.54) is 34.8 Å². The smallest absolute Gasteiger partial charge is 0.293 e. The Kier molecular flexibility index (Phi) is 12.4. The Balaban J connectivity index is 0.991. The molecule has 0 spiro atoms. The molecule has 0 radical (unpaired) electrons. The van der Waals surface area contributed by atoms with Crippen molar-refractivity contribution in [2.45, 2.75) is 50.5 Å². The van der Waals surface area contributed by atoms with E-state index < -0.39 is 10.8 Å². The fraction of sp³-hybridized carbons (Fsp3) is 0.333. The molecular weight excluding hydrogens is 788 g/mol. The summed E-state index contributed by atoms with van der Waals surface area (Å²) in [6.07, 6.45) is 9.66. The van der Waals surface area contributed by atoms with E-state index in [0.717, 1.165) is 72.5 Å². The number of H-pyrrole nitrogens is 1. The summed E-state index contributed by atoms with van der Waals surface area (Å²) in [6.45, 7) is 9.15. The summed E-state index contributed by atoms with van der Waals surface area (Å²) >= 11 is 7.24. The van der Waals surface area contributed by atoms with Gasteiger partial charge in [-0.3, -0.25) is 24.5 Å². The lowest BCUT2D eigenvalue weighted by atomic mass is 9.72. The number of nitrogens with one attached hydrogen (secondary N) is 3. The number of pyridine rings is 1. The summed E-state index contributed by atoms with van der Waals surface area (Å²) < 4.78 is 20.4. The number of anilines is 1. The van der Waals surface area contributed by atoms with E-state index in [1.54, 1.807) is 24.4 Å². The molecule has 8 rings (SSSR count). The van der Waals surface area contributed by atoms with Gasteiger partial charge in [0.2, 0.25) is 0 Å². The Morgan fingerprint density at radius 2 is 1.93 bits per heavy atom. The second kappa shape index (κ2) is 18.0. The van der Waals surface area contributed by atoms with Crippen LogP contribution in [0.5, 0.6) is 11.5 Å². The second-order valence-electron chi connectivity index (χ2n) is 16.0. The first-order valence-electron chi connectivity index (χ1n) is 19.9. The Morgan fingerprint density at radius 3 is 2.71 bits per heavy atom. The van der Waals surface area contributed by atoms with Gasteiger partial charge in [-0.15, -0.1) is 0 Å². The number of hydrogen-bond acceptors (Lipinski definition) is 10. The van der Waals surface area contributed by atoms with Crippen LogP contribution in [0.25, 0.3) is 22.2 Å². The average Bonchev–Trinajstić information content (AvgIpc) is 3.72. The Bertz CT molecular complexity index is 2410. The van der Waals surface area contributed by atoms with Crippen LogP contribution in [-0.2, 0) is 9.47 Å². The van der Waals surface area contributed by atoms with Gasteiger partial charge in [0.1, 0.15) is 22.8 Å². The number of aromatic nitrogens is 2. The molecule has 3 N–H and O–H groups in total. The third-order valence-electron chi connectivity index (χ3n) is 11.1. The van der Waals surface area contributed by atoms with Crippen LogP contribution < -0.4 is 14.8 Å². The predicted molar refractivity (Wildman–Crippen MR) is 233 cm³/mol. The van der Waals surface area contributed by atoms with Crippen molar-refractivity contribution in [2.75, 3.05) is 51.3 Å². The third-order valence-corrected chi connectivity index (χ3v) is 12.1. The molecule has 14 heteroatoms. The molecule has 4 heterocycles. The normalized spacial score (nSPS) is 18.4. The predicted octanol–water partition coefficient (Wildman–Crippen LogP) is 9.93. The van der Waals surface area contributed by atoms with E-state index in [4.69, 9.17) is 25.8 Å². The molecule has 5 aromatic rings. The first-order valence-corrected chi connectivity index (χ1v) is 21.1. The summed E-state index contributed by atoms with van der Waals surface area (Å²) in [5, 5.41) is 16.7. The Hall–Kier alpha value is -5.18. The number of carbonyl (C=O) groups excluding carboxylic acids is 1. The van der Waals surface area contributed by atoms with Crippen molar-refractivity contribution in [2.24, 2.45) is 5.41 Å². The first-order chi connectivity index (χ1) is 28.6. The minimum absolute atomic E-state index is 0.109. The number of halogens is 1. The summed E-state index contributed by atoms with van der Waals surface area (Å²) in [5.74, 6) is 0.461. The number of hydrogen-bond donors (Lipinski definition) is 3. The number of nitrogens with zero attached hydrogens (tertiary/aromatic N) is 3. The maximum absolute atomic E-state index is 13.8. The van der Waals surface area contributed by atoms with Gasteiger partial charge in [-0.2, -0.15) is 0 Å². The fourth-order valence-electron chi connectivity index (χ4n) is 7.86. The van der Waals surface area contributed by atoms with Crippen molar-refractivity contribution in [1.82, 2.24) is 19.6 Å². The summed E-state index contributed by atoms with van der Waals surface area (Å²) in [6, 6.07) is 22.5. The number of nitro benzene ring substituents is 1. The number of fused-ring (bicyclic) bond motifs is 1. The molecule has 12 nitrogen and oxygen atoms in total. The van der Waals surface area contributed by atoms with E-state index in [-0.39, 0.29) is 17.2 Å². The molecule has 0 bridgehead atoms. The number of nitro groups is 1. The fourth-order valence-corrected chi connectivity index (χ4v) is 8.61. The monoisotopic (exact) mass is 834 g/mol. The van der Waals surface area contributed by atoms with Crippen molar-refractivity contribution in [1.29, 1.82) is 0 Å². The highest BCUT2D eigenvalue weighted by atomic mass is 35.5. The number of amides is 1. The molecule has 1 fully saturated rings. The van der Waals surface area contributed by atoms with Gasteiger partial charge in [0.05, 0.1) is 42.6 Å². The minimum atomic E-state index is -0.446. The lowest BCUT2D eigenvalue weighted by molar-refractivity contribution is -0.384. The maximum atomic E-state index is 13.8. The zero-order chi connectivity index (χ0) is 40.9. The average molecular weight is 835 g/mol. The van der Waals surface area contributed by atoms with Gasteiger partial charge < -0.3 is 24.5 Å². The zero-order valence-corrected chi connectivity index (χ0v) is 34.7. The minimum Gasteiger partial charge on any atom is -0.455 e. The van der Waals surface area contributed by atoms with Gasteiger partial charge in [0.25, 0.3) is 11.6 Å². The number of rotatable bonds is 13. The lowest BCUT2D eigenvalue weighted by Crippen LogP contribution is -2.34. The van der Waals surface area contributed by atoms with Crippen LogP contribution in [0, 0.1) is 15.5 Å². The van der Waals surface area contributed by atoms with Gasteiger partial charge in [0, 0.05) is 53.7 Å². The van der Waals surface area contributed by atoms with Gasteiger partial charge >= 0.3 is 0 Å². The van der Waals surface area contributed by atoms with Crippen molar-refractivity contribution >= 4 is 63.0 Å². The number of carbonyl (C=O) groups is 1. The number of allylic oxidation sites excluding steroid dienone is 1. The van der Waals surface area contributed by atoms with E-state index in [0.29, 0.717) is 54.0 Å². The highest BCUT2D eigenvalue weighted by Gasteiger charge is 2.29. The quantitative estimate of drug-likeness (QED) is 0.0596. The van der Waals surface area contributed by atoms with Crippen LogP contribution in [-0.4, -0.2) is 77.8 Å². The van der Waals surface area contributed by atoms with Crippen molar-refractivity contribution in [3.8, 4) is 11.5 Å². The van der Waals surface area contributed by atoms with Gasteiger partial charge in [-0.05, 0) is 114 Å². The topological polar surface area (TPSA) is 144 Å². The largest absolute Gasteiger partial charge is 0.455 e. The number of benzene rings is 3. The van der Waals surface area contributed by atoms with E-state index in [9.17, 15) is 14.9 Å². The lowest BCUT2D eigenvalue weighted by Gasteiger charge is -2.36. The Labute approximate surface area is 352 Å². The molecule has 59 heavy (non-hydrogen) atoms. The first kappa shape index (κ1) is 40.6. The molecule has 2 aromatic heterocycles. The van der Waals surface area contributed by atoms with Crippen LogP contribution >= 0.6 is 23.5 Å². The van der Waals surface area contributed by atoms with Gasteiger partial charge in [0.15, 0.2) is 0 Å². The molecule has 1 amide bonds. The van der Waals surface area contributed by atoms with Crippen LogP contribution in [0.4, 0.5) is 11.4 Å². The van der Waals surface area contributed by atoms with Crippen molar-refractivity contribution in [3.63, 3.8) is 0 Å². The molecular formula is C45H47ClN6O6S. The molecule has 306 valence electrons. The van der Waals surface area contributed by atoms with E-state index in [2.05, 4.69) is 57.0 Å². The number of ether oxygens (including phenoxy) is 3. The van der Waals surface area contributed by atoms with Crippen molar-refractivity contribution < 1.29 is 23.9 Å². The molecule has 3 aromatic carbocycles. The van der Waals surface area contributed by atoms with Crippen molar-refractivity contribution in [3.05, 3.63) is 129 Å². The Morgan fingerprint density at radius 1 is 1.08 bits per heavy atom. The second-order valence-corrected chi connectivity index (χ2v) is 17.3. The zero-order valence-electron chi connectivity index (χ0n) is 33.1. The SMILES string of the molecule is CC1(C)CCC(CN2CC=C(c3ccc(C(=O)NSc4ccc(NCC5COCCO5)c([N+](=O)[O-])c4)c(Oc4cnc5[nH]ccc5c4)c3)CC2)=C(c2ccc(Cl)cc2)C1. The van der Waals surface area contributed by atoms with Crippen LogP contribution in [0.3, 0.4) is 0 Å². The standard InChI is InChI=1S/C45H47ClN6O6S/c1-45(2)15-11-33(39(24-45)30-3-6-34(46)7-4-30)27-51-17-13-29(14-18-51)31-5-9-38(42(22-31)58-35-21-32-12-16-47-43(32)49-25-35)44(53)50-59-37-8-10-40(41(23-37)52(54)55)48-26-36-28-56-19-20-57-36/h3-10,12-13,16,21-23,25,36,48H,11,14-15,17-20,24,26-28H2,1-2H3,(H,47,49)(H,50,53). The summed E-state index contributed by atoms with van der Waals surface area (Å²) in [4.78, 5) is 36.0. The van der Waals surface area contributed by atoms with Gasteiger partial charge in [-0.25, -0.2) is 4.98 Å². The molecule has 1 aliphatic carbocycles. The highest BCUT2D eigenvalue weighted by Crippen LogP contribution is 2.44. The van der Waals surface area contributed by atoms with Gasteiger partial charge in [-0.1, -0.05) is 55.3 Å². The molecule has 3 aliphatic rings. The van der Waals surface area contributed by atoms with E-state index in [1.807, 2.05) is 42.6 Å². The molecule has 1 unspecified atom stereocenters. The molecule has 2 aliphatic heterocycles. The van der Waals surface area contributed by atoms with Crippen LogP contribution in [0.15, 0.2) is 102 Å². The van der Waals surface area contributed by atoms with Crippen LogP contribution in [0.1, 0.15) is 61.0 Å². The third kappa shape index (κ3) is 10.00.